The molecule has 3 N–H and O–H groups in total. The van der Waals surface area contributed by atoms with Crippen molar-refractivity contribution >= 4 is 24.0 Å². The predicted molar refractivity (Wildman–Crippen MR) is 66.7 cm³/mol. The van der Waals surface area contributed by atoms with Gasteiger partial charge in [-0.15, -0.1) is 12.4 Å². The molecular weight excluding hydrogens is 252 g/mol. The van der Waals surface area contributed by atoms with E-state index in [4.69, 9.17) is 17.3 Å². The fourth-order valence-corrected chi connectivity index (χ4v) is 1.44. The maximum atomic E-state index is 13.0. The Hall–Kier alpha value is -0.510. The average Bonchev–Trinajstić information content (AvgIpc) is 2.12. The van der Waals surface area contributed by atoms with E-state index in [2.05, 4.69) is 0 Å². The van der Waals surface area contributed by atoms with Gasteiger partial charge in [0.2, 0.25) is 0 Å². The van der Waals surface area contributed by atoms with Crippen molar-refractivity contribution in [2.24, 2.45) is 11.1 Å². The molecule has 0 bridgehead atoms. The van der Waals surface area contributed by atoms with Crippen molar-refractivity contribution in [3.63, 3.8) is 0 Å². The van der Waals surface area contributed by atoms with E-state index in [1.165, 1.54) is 12.1 Å². The minimum atomic E-state index is -0.640. The Bertz CT molecular complexity index is 377. The summed E-state index contributed by atoms with van der Waals surface area (Å²) in [5.41, 5.74) is 6.19. The van der Waals surface area contributed by atoms with Crippen molar-refractivity contribution in [2.75, 3.05) is 0 Å². The fourth-order valence-electron chi connectivity index (χ4n) is 1.27. The monoisotopic (exact) mass is 267 g/mol. The van der Waals surface area contributed by atoms with Crippen LogP contribution in [0.1, 0.15) is 32.4 Å². The molecule has 16 heavy (non-hydrogen) atoms. The molecule has 0 radical (unpaired) electrons. The Morgan fingerprint density at radius 3 is 2.31 bits per heavy atom. The van der Waals surface area contributed by atoms with E-state index in [0.29, 0.717) is 5.56 Å². The standard InChI is InChI=1S/C11H15ClFNO.ClH/c1-11(2,3)10(14)6-4-5-7(13)8(12)9(6)15;/h4-5,10,15H,14H2,1-3H3;1H/t10-;/m0./s1. The summed E-state index contributed by atoms with van der Waals surface area (Å²) in [6, 6.07) is 2.28. The summed E-state index contributed by atoms with van der Waals surface area (Å²) >= 11 is 5.60. The van der Waals surface area contributed by atoms with E-state index in [-0.39, 0.29) is 28.6 Å². The minimum Gasteiger partial charge on any atom is -0.506 e. The first-order valence-electron chi connectivity index (χ1n) is 4.67. The number of halogens is 3. The van der Waals surface area contributed by atoms with Crippen LogP contribution in [-0.4, -0.2) is 5.11 Å². The lowest BCUT2D eigenvalue weighted by molar-refractivity contribution is 0.317. The van der Waals surface area contributed by atoms with Gasteiger partial charge >= 0.3 is 0 Å². The van der Waals surface area contributed by atoms with Crippen LogP contribution in [0.25, 0.3) is 0 Å². The van der Waals surface area contributed by atoms with E-state index >= 15 is 0 Å². The van der Waals surface area contributed by atoms with Gasteiger partial charge in [0.05, 0.1) is 0 Å². The quantitative estimate of drug-likeness (QED) is 0.816. The highest BCUT2D eigenvalue weighted by molar-refractivity contribution is 6.32. The molecule has 2 nitrogen and oxygen atoms in total. The summed E-state index contributed by atoms with van der Waals surface area (Å²) < 4.78 is 13.0. The zero-order valence-electron chi connectivity index (χ0n) is 9.42. The van der Waals surface area contributed by atoms with E-state index in [9.17, 15) is 9.50 Å². The van der Waals surface area contributed by atoms with Gasteiger partial charge in [0, 0.05) is 11.6 Å². The number of benzene rings is 1. The van der Waals surface area contributed by atoms with E-state index in [1.807, 2.05) is 20.8 Å². The number of phenols is 1. The smallest absolute Gasteiger partial charge is 0.145 e. The fraction of sp³-hybridized carbons (Fsp3) is 0.455. The van der Waals surface area contributed by atoms with Crippen molar-refractivity contribution in [3.8, 4) is 5.75 Å². The summed E-state index contributed by atoms with van der Waals surface area (Å²) in [6.07, 6.45) is 0. The molecule has 0 amide bonds. The molecule has 0 saturated heterocycles. The van der Waals surface area contributed by atoms with E-state index in [0.717, 1.165) is 0 Å². The maximum Gasteiger partial charge on any atom is 0.145 e. The molecule has 0 spiro atoms. The normalized spacial score (nSPS) is 13.1. The molecular formula is C11H16Cl2FNO. The van der Waals surface area contributed by atoms with Gasteiger partial charge in [0.15, 0.2) is 0 Å². The van der Waals surface area contributed by atoms with Crippen LogP contribution in [0, 0.1) is 11.2 Å². The third kappa shape index (κ3) is 3.00. The summed E-state index contributed by atoms with van der Waals surface area (Å²) in [4.78, 5) is 0. The zero-order chi connectivity index (χ0) is 11.8. The van der Waals surface area contributed by atoms with Crippen molar-refractivity contribution in [1.82, 2.24) is 0 Å². The lowest BCUT2D eigenvalue weighted by atomic mass is 9.83. The Labute approximate surface area is 106 Å². The Balaban J connectivity index is 0.00000225. The van der Waals surface area contributed by atoms with E-state index in [1.54, 1.807) is 0 Å². The van der Waals surface area contributed by atoms with Crippen molar-refractivity contribution < 1.29 is 9.50 Å². The minimum absolute atomic E-state index is 0. The van der Waals surface area contributed by atoms with Crippen LogP contribution in [-0.2, 0) is 0 Å². The molecule has 1 aromatic carbocycles. The molecule has 0 aliphatic rings. The number of hydrogen-bond acceptors (Lipinski definition) is 2. The molecule has 0 aromatic heterocycles. The third-order valence-corrected chi connectivity index (χ3v) is 2.73. The van der Waals surface area contributed by atoms with Gasteiger partial charge in [-0.1, -0.05) is 38.4 Å². The van der Waals surface area contributed by atoms with E-state index < -0.39 is 11.9 Å². The molecule has 0 aliphatic heterocycles. The molecule has 0 unspecified atom stereocenters. The zero-order valence-corrected chi connectivity index (χ0v) is 11.0. The number of nitrogens with two attached hydrogens (primary N) is 1. The first-order chi connectivity index (χ1) is 6.75. The summed E-state index contributed by atoms with van der Waals surface area (Å²) in [5.74, 6) is -0.905. The topological polar surface area (TPSA) is 46.2 Å². The summed E-state index contributed by atoms with van der Waals surface area (Å²) in [5, 5.41) is 9.39. The van der Waals surface area contributed by atoms with Gasteiger partial charge in [-0.2, -0.15) is 0 Å². The van der Waals surface area contributed by atoms with Crippen molar-refractivity contribution in [1.29, 1.82) is 0 Å². The number of phenolic OH excluding ortho intramolecular Hbond substituents is 1. The highest BCUT2D eigenvalue weighted by Crippen LogP contribution is 2.39. The first kappa shape index (κ1) is 15.5. The number of hydrogen-bond donors (Lipinski definition) is 2. The second-order valence-electron chi connectivity index (χ2n) is 4.64. The summed E-state index contributed by atoms with van der Waals surface area (Å²) in [7, 11) is 0. The molecule has 0 heterocycles. The van der Waals surface area contributed by atoms with Gasteiger partial charge in [-0.25, -0.2) is 4.39 Å². The Morgan fingerprint density at radius 1 is 1.38 bits per heavy atom. The lowest BCUT2D eigenvalue weighted by Gasteiger charge is -2.28. The highest BCUT2D eigenvalue weighted by Gasteiger charge is 2.26. The van der Waals surface area contributed by atoms with Crippen LogP contribution in [0.15, 0.2) is 12.1 Å². The third-order valence-electron chi connectivity index (χ3n) is 2.37. The Morgan fingerprint density at radius 2 is 1.88 bits per heavy atom. The lowest BCUT2D eigenvalue weighted by Crippen LogP contribution is -2.26. The molecule has 0 fully saturated rings. The Kier molecular flexibility index (Phi) is 5.05. The number of rotatable bonds is 1. The van der Waals surface area contributed by atoms with Gasteiger partial charge in [0.1, 0.15) is 16.6 Å². The van der Waals surface area contributed by atoms with Crippen molar-refractivity contribution in [3.05, 3.63) is 28.5 Å². The summed E-state index contributed by atoms with van der Waals surface area (Å²) in [6.45, 7) is 5.82. The van der Waals surface area contributed by atoms with Crippen LogP contribution < -0.4 is 5.73 Å². The molecule has 5 heteroatoms. The second-order valence-corrected chi connectivity index (χ2v) is 5.02. The molecule has 1 rings (SSSR count). The largest absolute Gasteiger partial charge is 0.506 e. The average molecular weight is 268 g/mol. The molecule has 1 aromatic rings. The van der Waals surface area contributed by atoms with Crippen LogP contribution >= 0.6 is 24.0 Å². The van der Waals surface area contributed by atoms with Gasteiger partial charge < -0.3 is 10.8 Å². The van der Waals surface area contributed by atoms with Crippen molar-refractivity contribution in [2.45, 2.75) is 26.8 Å². The van der Waals surface area contributed by atoms with Crippen LogP contribution in [0.5, 0.6) is 5.75 Å². The second kappa shape index (κ2) is 5.21. The van der Waals surface area contributed by atoms with Crippen LogP contribution in [0.4, 0.5) is 4.39 Å². The molecule has 0 saturated carbocycles. The molecule has 0 aliphatic carbocycles. The molecule has 92 valence electrons. The maximum absolute atomic E-state index is 13.0. The predicted octanol–water partition coefficient (Wildman–Crippen LogP) is 3.65. The van der Waals surface area contributed by atoms with Gasteiger partial charge in [0.25, 0.3) is 0 Å². The number of aromatic hydroxyl groups is 1. The van der Waals surface area contributed by atoms with Crippen LogP contribution in [0.3, 0.4) is 0 Å². The van der Waals surface area contributed by atoms with Gasteiger partial charge in [-0.05, 0) is 11.5 Å². The highest BCUT2D eigenvalue weighted by atomic mass is 35.5. The SMILES string of the molecule is CC(C)(C)[C@@H](N)c1ccc(F)c(Cl)c1O.Cl. The molecule has 1 atom stereocenters. The van der Waals surface area contributed by atoms with Gasteiger partial charge in [-0.3, -0.25) is 0 Å². The van der Waals surface area contributed by atoms with Crippen LogP contribution in [0.2, 0.25) is 5.02 Å². The first-order valence-corrected chi connectivity index (χ1v) is 5.05.